The molecule has 0 bridgehead atoms. The number of aromatic nitrogens is 2. The maximum absolute atomic E-state index is 11.0. The molecule has 0 aliphatic rings. The van der Waals surface area contributed by atoms with E-state index in [2.05, 4.69) is 69.3 Å². The van der Waals surface area contributed by atoms with Gasteiger partial charge >= 0.3 is 0 Å². The van der Waals surface area contributed by atoms with Crippen molar-refractivity contribution in [2.75, 3.05) is 0 Å². The van der Waals surface area contributed by atoms with E-state index in [-0.39, 0.29) is 5.69 Å². The van der Waals surface area contributed by atoms with Crippen LogP contribution in [0.2, 0.25) is 0 Å². The third-order valence-electron chi connectivity index (χ3n) is 5.08. The molecule has 5 nitrogen and oxygen atoms in total. The summed E-state index contributed by atoms with van der Waals surface area (Å²) in [5, 5.41) is 15.9. The van der Waals surface area contributed by atoms with Gasteiger partial charge in [0, 0.05) is 28.8 Å². The molecule has 0 fully saturated rings. The quantitative estimate of drug-likeness (QED) is 0.319. The highest BCUT2D eigenvalue weighted by Gasteiger charge is 2.19. The van der Waals surface area contributed by atoms with Crippen LogP contribution in [0.1, 0.15) is 16.7 Å². The molecule has 0 spiro atoms. The minimum absolute atomic E-state index is 0.0632. The maximum Gasteiger partial charge on any atom is 0.269 e. The lowest BCUT2D eigenvalue weighted by atomic mass is 10.0. The number of hydrogen-bond acceptors (Lipinski definition) is 3. The first-order chi connectivity index (χ1) is 13.9. The topological polar surface area (TPSA) is 61.0 Å². The normalized spacial score (nSPS) is 10.9. The van der Waals surface area contributed by atoms with Crippen LogP contribution in [-0.2, 0) is 0 Å². The van der Waals surface area contributed by atoms with Gasteiger partial charge in [0.25, 0.3) is 5.69 Å². The van der Waals surface area contributed by atoms with Gasteiger partial charge in [-0.3, -0.25) is 10.1 Å². The second-order valence-electron chi connectivity index (χ2n) is 7.24. The molecular formula is C24H21N3O2. The zero-order valence-corrected chi connectivity index (χ0v) is 16.6. The first-order valence-electron chi connectivity index (χ1n) is 9.42. The lowest BCUT2D eigenvalue weighted by Gasteiger charge is -2.09. The van der Waals surface area contributed by atoms with E-state index in [1.165, 1.54) is 23.3 Å². The maximum atomic E-state index is 11.0. The molecule has 0 N–H and O–H groups in total. The Bertz CT molecular complexity index is 1170. The minimum atomic E-state index is -0.392. The molecule has 144 valence electrons. The van der Waals surface area contributed by atoms with Crippen molar-refractivity contribution in [3.63, 3.8) is 0 Å². The van der Waals surface area contributed by atoms with Gasteiger partial charge in [-0.15, -0.1) is 0 Å². The van der Waals surface area contributed by atoms with E-state index < -0.39 is 4.92 Å². The second-order valence-corrected chi connectivity index (χ2v) is 7.24. The van der Waals surface area contributed by atoms with Gasteiger partial charge in [-0.25, -0.2) is 4.68 Å². The molecule has 4 rings (SSSR count). The molecule has 0 aliphatic heterocycles. The SMILES string of the molecule is Cc1ccc(-c2nn(-c3ccc([N+](=O)[O-])cc3)c(-c3ccc(C)cc3)c2C)cc1. The van der Waals surface area contributed by atoms with Gasteiger partial charge in [0.2, 0.25) is 0 Å². The molecule has 0 saturated carbocycles. The Morgan fingerprint density at radius 2 is 1.28 bits per heavy atom. The number of hydrogen-bond donors (Lipinski definition) is 0. The van der Waals surface area contributed by atoms with Crippen molar-refractivity contribution in [2.45, 2.75) is 20.8 Å². The van der Waals surface area contributed by atoms with Gasteiger partial charge in [-0.2, -0.15) is 5.10 Å². The van der Waals surface area contributed by atoms with E-state index in [0.29, 0.717) is 0 Å². The fourth-order valence-corrected chi connectivity index (χ4v) is 3.43. The Morgan fingerprint density at radius 1 is 0.759 bits per heavy atom. The van der Waals surface area contributed by atoms with Gasteiger partial charge in [0.15, 0.2) is 0 Å². The van der Waals surface area contributed by atoms with Crippen LogP contribution in [0, 0.1) is 30.9 Å². The van der Waals surface area contributed by atoms with Crippen molar-refractivity contribution in [2.24, 2.45) is 0 Å². The zero-order chi connectivity index (χ0) is 20.5. The van der Waals surface area contributed by atoms with Crippen molar-refractivity contribution < 1.29 is 4.92 Å². The number of rotatable bonds is 4. The van der Waals surface area contributed by atoms with Crippen LogP contribution < -0.4 is 0 Å². The lowest BCUT2D eigenvalue weighted by Crippen LogP contribution is -2.00. The molecule has 3 aromatic carbocycles. The average Bonchev–Trinajstić information content (AvgIpc) is 3.06. The van der Waals surface area contributed by atoms with Crippen LogP contribution >= 0.6 is 0 Å². The Kier molecular flexibility index (Phi) is 4.72. The predicted molar refractivity (Wildman–Crippen MR) is 115 cm³/mol. The van der Waals surface area contributed by atoms with E-state index >= 15 is 0 Å². The van der Waals surface area contributed by atoms with Crippen LogP contribution in [0.25, 0.3) is 28.2 Å². The number of nitro groups is 1. The molecule has 29 heavy (non-hydrogen) atoms. The van der Waals surface area contributed by atoms with Gasteiger partial charge in [-0.05, 0) is 32.9 Å². The Labute approximate surface area is 169 Å². The standard InChI is InChI=1S/C24H21N3O2/c1-16-4-8-19(9-5-16)23-18(3)24(20-10-6-17(2)7-11-20)26(25-23)21-12-14-22(15-13-21)27(28)29/h4-15H,1-3H3. The summed E-state index contributed by atoms with van der Waals surface area (Å²) < 4.78 is 1.87. The van der Waals surface area contributed by atoms with Gasteiger partial charge < -0.3 is 0 Å². The van der Waals surface area contributed by atoms with E-state index in [0.717, 1.165) is 33.8 Å². The molecule has 0 aliphatic carbocycles. The van der Waals surface area contributed by atoms with Crippen LogP contribution in [-0.4, -0.2) is 14.7 Å². The van der Waals surface area contributed by atoms with E-state index in [4.69, 9.17) is 5.10 Å². The van der Waals surface area contributed by atoms with Crippen LogP contribution in [0.15, 0.2) is 72.8 Å². The number of non-ortho nitro benzene ring substituents is 1. The van der Waals surface area contributed by atoms with Gasteiger partial charge in [0.05, 0.1) is 22.0 Å². The van der Waals surface area contributed by atoms with E-state index in [1.807, 2.05) is 4.68 Å². The molecule has 0 atom stereocenters. The third-order valence-corrected chi connectivity index (χ3v) is 5.08. The van der Waals surface area contributed by atoms with Crippen molar-refractivity contribution in [3.8, 4) is 28.2 Å². The van der Waals surface area contributed by atoms with E-state index in [1.54, 1.807) is 12.1 Å². The predicted octanol–water partition coefficient (Wildman–Crippen LogP) is 6.04. The van der Waals surface area contributed by atoms with Crippen molar-refractivity contribution >= 4 is 5.69 Å². The third kappa shape index (κ3) is 3.55. The summed E-state index contributed by atoms with van der Waals surface area (Å²) in [6, 6.07) is 23.1. The molecular weight excluding hydrogens is 362 g/mol. The molecule has 0 unspecified atom stereocenters. The number of aryl methyl sites for hydroxylation is 2. The Hall–Kier alpha value is -3.73. The number of benzene rings is 3. The van der Waals surface area contributed by atoms with Gasteiger partial charge in [-0.1, -0.05) is 59.7 Å². The molecule has 1 aromatic heterocycles. The van der Waals surface area contributed by atoms with Crippen molar-refractivity contribution in [1.82, 2.24) is 9.78 Å². The smallest absolute Gasteiger partial charge is 0.258 e. The van der Waals surface area contributed by atoms with Crippen LogP contribution in [0.3, 0.4) is 0 Å². The summed E-state index contributed by atoms with van der Waals surface area (Å²) in [5.74, 6) is 0. The highest BCUT2D eigenvalue weighted by molar-refractivity contribution is 5.76. The summed E-state index contributed by atoms with van der Waals surface area (Å²) in [4.78, 5) is 10.6. The van der Waals surface area contributed by atoms with Crippen molar-refractivity contribution in [3.05, 3.63) is 99.6 Å². The second kappa shape index (κ2) is 7.36. The Morgan fingerprint density at radius 3 is 1.79 bits per heavy atom. The molecule has 0 amide bonds. The zero-order valence-electron chi connectivity index (χ0n) is 16.6. The Balaban J connectivity index is 1.92. The van der Waals surface area contributed by atoms with Crippen molar-refractivity contribution in [1.29, 1.82) is 0 Å². The van der Waals surface area contributed by atoms with Crippen LogP contribution in [0.4, 0.5) is 5.69 Å². The number of nitro benzene ring substituents is 1. The minimum Gasteiger partial charge on any atom is -0.258 e. The highest BCUT2D eigenvalue weighted by atomic mass is 16.6. The highest BCUT2D eigenvalue weighted by Crippen LogP contribution is 2.34. The molecule has 0 radical (unpaired) electrons. The summed E-state index contributed by atoms with van der Waals surface area (Å²) in [5.41, 5.74) is 8.27. The summed E-state index contributed by atoms with van der Waals surface area (Å²) >= 11 is 0. The molecule has 0 saturated heterocycles. The fourth-order valence-electron chi connectivity index (χ4n) is 3.43. The first kappa shape index (κ1) is 18.6. The summed E-state index contributed by atoms with van der Waals surface area (Å²) in [6.07, 6.45) is 0. The lowest BCUT2D eigenvalue weighted by molar-refractivity contribution is -0.384. The number of nitrogens with zero attached hydrogens (tertiary/aromatic N) is 3. The largest absolute Gasteiger partial charge is 0.269 e. The summed E-state index contributed by atoms with van der Waals surface area (Å²) in [7, 11) is 0. The first-order valence-corrected chi connectivity index (χ1v) is 9.42. The monoisotopic (exact) mass is 383 g/mol. The molecule has 5 heteroatoms. The average molecular weight is 383 g/mol. The fraction of sp³-hybridized carbons (Fsp3) is 0.125. The molecule has 1 heterocycles. The molecule has 4 aromatic rings. The van der Waals surface area contributed by atoms with Gasteiger partial charge in [0.1, 0.15) is 0 Å². The summed E-state index contributed by atoms with van der Waals surface area (Å²) in [6.45, 7) is 6.19. The van der Waals surface area contributed by atoms with Crippen LogP contribution in [0.5, 0.6) is 0 Å². The van der Waals surface area contributed by atoms with E-state index in [9.17, 15) is 10.1 Å².